The van der Waals surface area contributed by atoms with Crippen molar-refractivity contribution < 1.29 is 0 Å². The molecule has 2 N–H and O–H groups in total. The van der Waals surface area contributed by atoms with E-state index in [1.54, 1.807) is 16.8 Å². The summed E-state index contributed by atoms with van der Waals surface area (Å²) in [4.78, 5) is 12.1. The Morgan fingerprint density at radius 2 is 2.04 bits per heavy atom. The van der Waals surface area contributed by atoms with Gasteiger partial charge in [0.1, 0.15) is 4.60 Å². The molecule has 1 aliphatic rings. The molecule has 1 aliphatic carbocycles. The summed E-state index contributed by atoms with van der Waals surface area (Å²) in [5.41, 5.74) is 7.21. The summed E-state index contributed by atoms with van der Waals surface area (Å²) in [5, 5.41) is 5.06. The van der Waals surface area contributed by atoms with E-state index in [0.29, 0.717) is 11.1 Å². The van der Waals surface area contributed by atoms with Gasteiger partial charge in [-0.1, -0.05) is 23.7 Å². The third-order valence-corrected chi connectivity index (χ3v) is 5.54. The van der Waals surface area contributed by atoms with Gasteiger partial charge >= 0.3 is 0 Å². The predicted molar refractivity (Wildman–Crippen MR) is 95.9 cm³/mol. The maximum atomic E-state index is 12.1. The van der Waals surface area contributed by atoms with Crippen LogP contribution in [0.2, 0.25) is 5.02 Å². The molecule has 122 valence electrons. The van der Waals surface area contributed by atoms with Gasteiger partial charge in [0.05, 0.1) is 6.04 Å². The number of nitrogens with two attached hydrogens (primary N) is 1. The molecule has 0 amide bonds. The number of benzene rings is 1. The summed E-state index contributed by atoms with van der Waals surface area (Å²) < 4.78 is 2.28. The lowest BCUT2D eigenvalue weighted by atomic mass is 9.68. The lowest BCUT2D eigenvalue weighted by Gasteiger charge is -2.40. The molecule has 0 unspecified atom stereocenters. The van der Waals surface area contributed by atoms with Crippen molar-refractivity contribution in [3.05, 3.63) is 61.9 Å². The molecular weight excluding hydrogens is 378 g/mol. The Hall–Kier alpha value is -1.17. The van der Waals surface area contributed by atoms with E-state index in [0.717, 1.165) is 30.7 Å². The van der Waals surface area contributed by atoms with Crippen molar-refractivity contribution >= 4 is 27.5 Å². The standard InChI is InChI=1S/C17H19BrClN3O/c18-15-4-5-16(23)22(21-15)14-6-8-17(11-20,9-7-14)12-2-1-3-13(19)10-12/h1-5,10,14H,6-9,11,20H2. The second-order valence-electron chi connectivity index (χ2n) is 6.16. The molecule has 0 spiro atoms. The molecule has 1 saturated carbocycles. The monoisotopic (exact) mass is 395 g/mol. The highest BCUT2D eigenvalue weighted by atomic mass is 79.9. The number of hydrogen-bond acceptors (Lipinski definition) is 3. The number of halogens is 2. The average molecular weight is 397 g/mol. The zero-order chi connectivity index (χ0) is 16.4. The zero-order valence-electron chi connectivity index (χ0n) is 12.7. The zero-order valence-corrected chi connectivity index (χ0v) is 15.1. The SMILES string of the molecule is NCC1(c2cccc(Cl)c2)CCC(n2nc(Br)ccc2=O)CC1. The van der Waals surface area contributed by atoms with Gasteiger partial charge in [0.2, 0.25) is 0 Å². The Morgan fingerprint density at radius 3 is 2.70 bits per heavy atom. The van der Waals surface area contributed by atoms with Crippen molar-refractivity contribution in [2.45, 2.75) is 37.1 Å². The molecular formula is C17H19BrClN3O. The van der Waals surface area contributed by atoms with Crippen molar-refractivity contribution in [1.29, 1.82) is 0 Å². The van der Waals surface area contributed by atoms with Gasteiger partial charge in [-0.3, -0.25) is 4.79 Å². The lowest BCUT2D eigenvalue weighted by Crippen LogP contribution is -2.41. The maximum Gasteiger partial charge on any atom is 0.267 e. The number of aromatic nitrogens is 2. The molecule has 1 fully saturated rings. The first-order chi connectivity index (χ1) is 11.0. The molecule has 0 radical (unpaired) electrons. The number of nitrogens with zero attached hydrogens (tertiary/aromatic N) is 2. The molecule has 1 aromatic heterocycles. The van der Waals surface area contributed by atoms with Crippen molar-refractivity contribution in [2.75, 3.05) is 6.54 Å². The Kier molecular flexibility index (Phi) is 4.90. The van der Waals surface area contributed by atoms with Crippen molar-refractivity contribution in [1.82, 2.24) is 9.78 Å². The Morgan fingerprint density at radius 1 is 1.30 bits per heavy atom. The van der Waals surface area contributed by atoms with Gasteiger partial charge in [-0.15, -0.1) is 0 Å². The first kappa shape index (κ1) is 16.7. The van der Waals surface area contributed by atoms with Gasteiger partial charge in [-0.05, 0) is 65.4 Å². The first-order valence-corrected chi connectivity index (χ1v) is 8.93. The molecule has 3 rings (SSSR count). The van der Waals surface area contributed by atoms with Crippen LogP contribution in [0.4, 0.5) is 0 Å². The largest absolute Gasteiger partial charge is 0.330 e. The van der Waals surface area contributed by atoms with Crippen LogP contribution in [0.1, 0.15) is 37.3 Å². The molecule has 1 heterocycles. The highest BCUT2D eigenvalue weighted by Gasteiger charge is 2.36. The molecule has 23 heavy (non-hydrogen) atoms. The fourth-order valence-corrected chi connectivity index (χ4v) is 3.99. The van der Waals surface area contributed by atoms with Crippen LogP contribution >= 0.6 is 27.5 Å². The van der Waals surface area contributed by atoms with Crippen LogP contribution in [0, 0.1) is 0 Å². The van der Waals surface area contributed by atoms with E-state index >= 15 is 0 Å². The average Bonchev–Trinajstić information content (AvgIpc) is 2.57. The normalized spacial score (nSPS) is 24.6. The van der Waals surface area contributed by atoms with Crippen LogP contribution < -0.4 is 11.3 Å². The van der Waals surface area contributed by atoms with E-state index in [-0.39, 0.29) is 17.0 Å². The molecule has 6 heteroatoms. The van der Waals surface area contributed by atoms with Gasteiger partial charge in [-0.2, -0.15) is 5.10 Å². The molecule has 2 aromatic rings. The smallest absolute Gasteiger partial charge is 0.267 e. The van der Waals surface area contributed by atoms with E-state index in [4.69, 9.17) is 17.3 Å². The Bertz CT molecular complexity index is 753. The second-order valence-corrected chi connectivity index (χ2v) is 7.41. The van der Waals surface area contributed by atoms with E-state index < -0.39 is 0 Å². The van der Waals surface area contributed by atoms with Crippen molar-refractivity contribution in [3.8, 4) is 0 Å². The van der Waals surface area contributed by atoms with E-state index in [9.17, 15) is 4.79 Å². The molecule has 0 bridgehead atoms. The topological polar surface area (TPSA) is 60.9 Å². The highest BCUT2D eigenvalue weighted by Crippen LogP contribution is 2.42. The van der Waals surface area contributed by atoms with Gasteiger partial charge in [0.15, 0.2) is 0 Å². The summed E-state index contributed by atoms with van der Waals surface area (Å²) in [7, 11) is 0. The van der Waals surface area contributed by atoms with E-state index in [1.807, 2.05) is 18.2 Å². The maximum absolute atomic E-state index is 12.1. The summed E-state index contributed by atoms with van der Waals surface area (Å²) >= 11 is 9.48. The molecule has 0 atom stereocenters. The molecule has 0 aliphatic heterocycles. The lowest BCUT2D eigenvalue weighted by molar-refractivity contribution is 0.221. The second kappa shape index (κ2) is 6.75. The fourth-order valence-electron chi connectivity index (χ4n) is 3.49. The Labute approximate surface area is 148 Å². The summed E-state index contributed by atoms with van der Waals surface area (Å²) in [5.74, 6) is 0. The third-order valence-electron chi connectivity index (χ3n) is 4.88. The van der Waals surface area contributed by atoms with E-state index in [2.05, 4.69) is 27.1 Å². The number of rotatable bonds is 3. The Balaban J connectivity index is 1.84. The fraction of sp³-hybridized carbons (Fsp3) is 0.412. The molecule has 4 nitrogen and oxygen atoms in total. The molecule has 0 saturated heterocycles. The van der Waals surface area contributed by atoms with Crippen molar-refractivity contribution in [2.24, 2.45) is 5.73 Å². The van der Waals surface area contributed by atoms with Gasteiger partial charge in [-0.25, -0.2) is 4.68 Å². The quantitative estimate of drug-likeness (QED) is 0.861. The molecule has 1 aromatic carbocycles. The minimum atomic E-state index is -0.0585. The van der Waals surface area contributed by atoms with Crippen LogP contribution in [0.15, 0.2) is 45.8 Å². The first-order valence-electron chi connectivity index (χ1n) is 7.75. The van der Waals surface area contributed by atoms with Gasteiger partial charge in [0.25, 0.3) is 5.56 Å². The summed E-state index contributed by atoms with van der Waals surface area (Å²) in [6, 6.07) is 11.3. The van der Waals surface area contributed by atoms with E-state index in [1.165, 1.54) is 5.56 Å². The summed E-state index contributed by atoms with van der Waals surface area (Å²) in [6.07, 6.45) is 3.62. The minimum absolute atomic E-state index is 0.0544. The van der Waals surface area contributed by atoms with Crippen molar-refractivity contribution in [3.63, 3.8) is 0 Å². The highest BCUT2D eigenvalue weighted by molar-refractivity contribution is 9.10. The summed E-state index contributed by atoms with van der Waals surface area (Å²) in [6.45, 7) is 0.584. The minimum Gasteiger partial charge on any atom is -0.330 e. The van der Waals surface area contributed by atoms with Crippen LogP contribution in [-0.2, 0) is 5.41 Å². The predicted octanol–water partition coefficient (Wildman–Crippen LogP) is 3.67. The van der Waals surface area contributed by atoms with Crippen LogP contribution in [0.5, 0.6) is 0 Å². The third kappa shape index (κ3) is 3.37. The van der Waals surface area contributed by atoms with Crippen LogP contribution in [0.25, 0.3) is 0 Å². The van der Waals surface area contributed by atoms with Gasteiger partial charge in [0, 0.05) is 23.0 Å². The number of hydrogen-bond donors (Lipinski definition) is 1. The van der Waals surface area contributed by atoms with Gasteiger partial charge < -0.3 is 5.73 Å². The van der Waals surface area contributed by atoms with Crippen LogP contribution in [-0.4, -0.2) is 16.3 Å². The van der Waals surface area contributed by atoms with Crippen LogP contribution in [0.3, 0.4) is 0 Å².